The van der Waals surface area contributed by atoms with Crippen molar-refractivity contribution in [3.8, 4) is 0 Å². The van der Waals surface area contributed by atoms with E-state index in [1.807, 2.05) is 0 Å². The standard InChI is InChI=1S/C12H12F3N5/c1-16-9-6-10(20-11(19-9)12(13,14)15)18-7-8-4-2-3-5-17-8/h2-6H,7H2,1H3,(H2,16,18,19,20). The number of alkyl halides is 3. The topological polar surface area (TPSA) is 62.7 Å². The molecule has 0 bridgehead atoms. The maximum absolute atomic E-state index is 12.7. The molecule has 0 saturated heterocycles. The molecule has 2 rings (SSSR count). The van der Waals surface area contributed by atoms with Crippen molar-refractivity contribution in [2.45, 2.75) is 12.7 Å². The van der Waals surface area contributed by atoms with Crippen molar-refractivity contribution in [1.29, 1.82) is 0 Å². The number of pyridine rings is 1. The minimum Gasteiger partial charge on any atom is -0.373 e. The Morgan fingerprint density at radius 1 is 1.15 bits per heavy atom. The van der Waals surface area contributed by atoms with Crippen LogP contribution in [0.1, 0.15) is 11.5 Å². The number of nitrogens with zero attached hydrogens (tertiary/aromatic N) is 3. The fourth-order valence-corrected chi connectivity index (χ4v) is 1.48. The van der Waals surface area contributed by atoms with E-state index in [1.54, 1.807) is 24.4 Å². The van der Waals surface area contributed by atoms with E-state index in [0.717, 1.165) is 0 Å². The number of anilines is 2. The van der Waals surface area contributed by atoms with Crippen molar-refractivity contribution in [2.75, 3.05) is 17.7 Å². The van der Waals surface area contributed by atoms with Gasteiger partial charge in [-0.2, -0.15) is 13.2 Å². The number of halogens is 3. The molecule has 2 aromatic rings. The van der Waals surface area contributed by atoms with E-state index in [0.29, 0.717) is 5.69 Å². The lowest BCUT2D eigenvalue weighted by Gasteiger charge is -2.11. The molecule has 0 aliphatic rings. The second-order valence-electron chi connectivity index (χ2n) is 3.88. The van der Waals surface area contributed by atoms with Crippen LogP contribution < -0.4 is 10.6 Å². The maximum atomic E-state index is 12.7. The highest BCUT2D eigenvalue weighted by Crippen LogP contribution is 2.28. The molecule has 0 unspecified atom stereocenters. The van der Waals surface area contributed by atoms with E-state index in [4.69, 9.17) is 0 Å². The summed E-state index contributed by atoms with van der Waals surface area (Å²) in [5, 5.41) is 5.37. The summed E-state index contributed by atoms with van der Waals surface area (Å²) in [7, 11) is 1.49. The summed E-state index contributed by atoms with van der Waals surface area (Å²) in [5.41, 5.74) is 0.700. The van der Waals surface area contributed by atoms with E-state index in [2.05, 4.69) is 25.6 Å². The van der Waals surface area contributed by atoms with Crippen LogP contribution in [-0.4, -0.2) is 22.0 Å². The van der Waals surface area contributed by atoms with Crippen LogP contribution in [0.3, 0.4) is 0 Å². The quantitative estimate of drug-likeness (QED) is 0.903. The molecule has 0 aliphatic heterocycles. The minimum absolute atomic E-state index is 0.0855. The van der Waals surface area contributed by atoms with Gasteiger partial charge >= 0.3 is 6.18 Å². The molecule has 20 heavy (non-hydrogen) atoms. The summed E-state index contributed by atoms with van der Waals surface area (Å²) in [6, 6.07) is 6.72. The number of hydrogen-bond donors (Lipinski definition) is 2. The molecule has 0 amide bonds. The molecule has 0 aromatic carbocycles. The Hall–Kier alpha value is -2.38. The van der Waals surface area contributed by atoms with Gasteiger partial charge in [0.05, 0.1) is 12.2 Å². The van der Waals surface area contributed by atoms with E-state index in [-0.39, 0.29) is 18.2 Å². The van der Waals surface area contributed by atoms with Gasteiger partial charge in [-0.25, -0.2) is 9.97 Å². The zero-order valence-corrected chi connectivity index (χ0v) is 10.6. The molecule has 0 fully saturated rings. The molecule has 0 aliphatic carbocycles. The van der Waals surface area contributed by atoms with Gasteiger partial charge in [-0.1, -0.05) is 6.07 Å². The molecule has 2 aromatic heterocycles. The van der Waals surface area contributed by atoms with Crippen molar-refractivity contribution < 1.29 is 13.2 Å². The first-order valence-corrected chi connectivity index (χ1v) is 5.77. The molecule has 0 radical (unpaired) electrons. The van der Waals surface area contributed by atoms with E-state index >= 15 is 0 Å². The minimum atomic E-state index is -4.59. The van der Waals surface area contributed by atoms with Crippen LogP contribution in [0.25, 0.3) is 0 Å². The van der Waals surface area contributed by atoms with Crippen LogP contribution in [-0.2, 0) is 12.7 Å². The molecular formula is C12H12F3N5. The van der Waals surface area contributed by atoms with Gasteiger partial charge in [0, 0.05) is 19.3 Å². The fraction of sp³-hybridized carbons (Fsp3) is 0.250. The second kappa shape index (κ2) is 5.72. The molecule has 2 N–H and O–H groups in total. The zero-order valence-electron chi connectivity index (χ0n) is 10.6. The summed E-state index contributed by atoms with van der Waals surface area (Å²) in [5.74, 6) is -1.01. The highest BCUT2D eigenvalue weighted by atomic mass is 19.4. The lowest BCUT2D eigenvalue weighted by Crippen LogP contribution is -2.14. The summed E-state index contributed by atoms with van der Waals surface area (Å²) in [4.78, 5) is 10.9. The number of nitrogens with one attached hydrogen (secondary N) is 2. The third-order valence-electron chi connectivity index (χ3n) is 2.41. The highest BCUT2D eigenvalue weighted by molar-refractivity contribution is 5.47. The zero-order chi connectivity index (χ0) is 14.6. The maximum Gasteiger partial charge on any atom is 0.451 e. The van der Waals surface area contributed by atoms with Crippen LogP contribution in [0, 0.1) is 0 Å². The van der Waals surface area contributed by atoms with Crippen LogP contribution in [0.5, 0.6) is 0 Å². The Kier molecular flexibility index (Phi) is 4.02. The van der Waals surface area contributed by atoms with Crippen molar-refractivity contribution in [2.24, 2.45) is 0 Å². The van der Waals surface area contributed by atoms with Gasteiger partial charge in [0.2, 0.25) is 5.82 Å². The van der Waals surface area contributed by atoms with E-state index in [1.165, 1.54) is 13.1 Å². The monoisotopic (exact) mass is 283 g/mol. The SMILES string of the molecule is CNc1cc(NCc2ccccn2)nc(C(F)(F)F)n1. The van der Waals surface area contributed by atoms with Crippen molar-refractivity contribution in [3.05, 3.63) is 42.0 Å². The number of hydrogen-bond acceptors (Lipinski definition) is 5. The fourth-order valence-electron chi connectivity index (χ4n) is 1.48. The molecule has 5 nitrogen and oxygen atoms in total. The molecule has 0 atom stereocenters. The van der Waals surface area contributed by atoms with Gasteiger partial charge in [-0.3, -0.25) is 4.98 Å². The first kappa shape index (κ1) is 14.0. The average Bonchev–Trinajstić information content (AvgIpc) is 2.45. The largest absolute Gasteiger partial charge is 0.451 e. The summed E-state index contributed by atoms with van der Waals surface area (Å²) < 4.78 is 38.0. The van der Waals surface area contributed by atoms with Gasteiger partial charge < -0.3 is 10.6 Å². The molecule has 0 spiro atoms. The van der Waals surface area contributed by atoms with Gasteiger partial charge in [-0.15, -0.1) is 0 Å². The molecule has 8 heteroatoms. The Bertz CT molecular complexity index is 571. The Labute approximate surface area is 113 Å². The van der Waals surface area contributed by atoms with Crippen LogP contribution >= 0.6 is 0 Å². The van der Waals surface area contributed by atoms with Crippen LogP contribution in [0.15, 0.2) is 30.5 Å². The summed E-state index contributed by atoms with van der Waals surface area (Å²) in [6.07, 6.45) is -2.98. The van der Waals surface area contributed by atoms with Gasteiger partial charge in [-0.05, 0) is 12.1 Å². The smallest absolute Gasteiger partial charge is 0.373 e. The lowest BCUT2D eigenvalue weighted by atomic mass is 10.3. The third-order valence-corrected chi connectivity index (χ3v) is 2.41. The normalized spacial score (nSPS) is 11.2. The van der Waals surface area contributed by atoms with Crippen molar-refractivity contribution >= 4 is 11.6 Å². The molecule has 0 saturated carbocycles. The molecule has 106 valence electrons. The number of aromatic nitrogens is 3. The predicted molar refractivity (Wildman–Crippen MR) is 68.1 cm³/mol. The second-order valence-corrected chi connectivity index (χ2v) is 3.88. The Morgan fingerprint density at radius 2 is 1.90 bits per heavy atom. The van der Waals surface area contributed by atoms with Gasteiger partial charge in [0.25, 0.3) is 0 Å². The van der Waals surface area contributed by atoms with Crippen molar-refractivity contribution in [3.63, 3.8) is 0 Å². The predicted octanol–water partition coefficient (Wildman–Crippen LogP) is 2.54. The van der Waals surface area contributed by atoms with E-state index < -0.39 is 12.0 Å². The first-order valence-electron chi connectivity index (χ1n) is 5.77. The van der Waals surface area contributed by atoms with Gasteiger partial charge in [0.1, 0.15) is 11.6 Å². The summed E-state index contributed by atoms with van der Waals surface area (Å²) in [6.45, 7) is 0.276. The molecular weight excluding hydrogens is 271 g/mol. The summed E-state index contributed by atoms with van der Waals surface area (Å²) >= 11 is 0. The third kappa shape index (κ3) is 3.56. The number of rotatable bonds is 4. The highest BCUT2D eigenvalue weighted by Gasteiger charge is 2.35. The van der Waals surface area contributed by atoms with Crippen LogP contribution in [0.4, 0.5) is 24.8 Å². The lowest BCUT2D eigenvalue weighted by molar-refractivity contribution is -0.144. The molecule has 2 heterocycles. The van der Waals surface area contributed by atoms with Gasteiger partial charge in [0.15, 0.2) is 0 Å². The van der Waals surface area contributed by atoms with Crippen molar-refractivity contribution in [1.82, 2.24) is 15.0 Å². The average molecular weight is 283 g/mol. The Balaban J connectivity index is 2.19. The first-order chi connectivity index (χ1) is 9.49. The Morgan fingerprint density at radius 3 is 2.50 bits per heavy atom. The van der Waals surface area contributed by atoms with Crippen LogP contribution in [0.2, 0.25) is 0 Å². The van der Waals surface area contributed by atoms with E-state index in [9.17, 15) is 13.2 Å².